The van der Waals surface area contributed by atoms with Crippen LogP contribution in [0.3, 0.4) is 0 Å². The molecule has 8 nitrogen and oxygen atoms in total. The van der Waals surface area contributed by atoms with Crippen LogP contribution in [0.1, 0.15) is 35.7 Å². The van der Waals surface area contributed by atoms with E-state index in [-0.39, 0.29) is 18.0 Å². The molecule has 0 aliphatic heterocycles. The van der Waals surface area contributed by atoms with Crippen LogP contribution in [0.15, 0.2) is 66.9 Å². The third-order valence-electron chi connectivity index (χ3n) is 4.90. The van der Waals surface area contributed by atoms with E-state index >= 15 is 0 Å². The first-order valence-corrected chi connectivity index (χ1v) is 10.9. The third kappa shape index (κ3) is 6.70. The number of nitrogens with zero attached hydrogens (tertiary/aromatic N) is 1. The minimum absolute atomic E-state index is 0.243. The molecule has 170 valence electrons. The van der Waals surface area contributed by atoms with Crippen LogP contribution in [-0.2, 0) is 6.54 Å². The number of hydrogen-bond acceptors (Lipinski definition) is 5. The highest BCUT2D eigenvalue weighted by Crippen LogP contribution is 2.23. The number of aromatic nitrogens is 1. The molecule has 3 N–H and O–H groups in total. The fraction of sp³-hybridized carbons (Fsp3) is 0.240. The molecule has 0 atom stereocenters. The van der Waals surface area contributed by atoms with Crippen molar-refractivity contribution in [1.29, 1.82) is 0 Å². The molecule has 0 bridgehead atoms. The minimum atomic E-state index is -0.257. The standard InChI is InChI=1S/C25H26N4O4/c1-2-32-21-8-10-22(11-9-21)33-23-14-17(12-13-26-23)16-27-24(30)18-4-3-5-20(15-18)29-25(31)28-19-6-7-19/h3-5,8-15,19H,2,6-7,16H2,1H3,(H,27,30)(H2,28,29,31). The minimum Gasteiger partial charge on any atom is -0.494 e. The van der Waals surface area contributed by atoms with Gasteiger partial charge in [-0.25, -0.2) is 9.78 Å². The van der Waals surface area contributed by atoms with Crippen molar-refractivity contribution >= 4 is 17.6 Å². The molecule has 1 fully saturated rings. The van der Waals surface area contributed by atoms with Crippen molar-refractivity contribution in [1.82, 2.24) is 15.6 Å². The molecule has 0 unspecified atom stereocenters. The molecule has 2 aromatic carbocycles. The first-order chi connectivity index (χ1) is 16.1. The molecule has 0 spiro atoms. The van der Waals surface area contributed by atoms with Crippen molar-refractivity contribution < 1.29 is 19.1 Å². The summed E-state index contributed by atoms with van der Waals surface area (Å²) in [4.78, 5) is 28.8. The number of carbonyl (C=O) groups is 2. The Kier molecular flexibility index (Phi) is 7.04. The van der Waals surface area contributed by atoms with Crippen LogP contribution in [0, 0.1) is 0 Å². The van der Waals surface area contributed by atoms with Crippen LogP contribution in [0.2, 0.25) is 0 Å². The van der Waals surface area contributed by atoms with Crippen LogP contribution < -0.4 is 25.4 Å². The Bertz CT molecular complexity index is 1110. The van der Waals surface area contributed by atoms with Crippen molar-refractivity contribution in [3.63, 3.8) is 0 Å². The fourth-order valence-electron chi connectivity index (χ4n) is 3.11. The molecule has 0 radical (unpaired) electrons. The Balaban J connectivity index is 1.31. The molecule has 0 saturated heterocycles. The van der Waals surface area contributed by atoms with Gasteiger partial charge in [0, 0.05) is 36.1 Å². The van der Waals surface area contributed by atoms with Gasteiger partial charge in [0.1, 0.15) is 11.5 Å². The highest BCUT2D eigenvalue weighted by Gasteiger charge is 2.23. The molecule has 33 heavy (non-hydrogen) atoms. The van der Waals surface area contributed by atoms with Crippen LogP contribution in [0.4, 0.5) is 10.5 Å². The van der Waals surface area contributed by atoms with Gasteiger partial charge in [-0.1, -0.05) is 6.07 Å². The maximum absolute atomic E-state index is 12.6. The normalized spacial score (nSPS) is 12.5. The van der Waals surface area contributed by atoms with Gasteiger partial charge in [0.05, 0.1) is 6.61 Å². The van der Waals surface area contributed by atoms with Gasteiger partial charge in [0.15, 0.2) is 0 Å². The summed E-state index contributed by atoms with van der Waals surface area (Å²) < 4.78 is 11.2. The van der Waals surface area contributed by atoms with Crippen LogP contribution >= 0.6 is 0 Å². The summed E-state index contributed by atoms with van der Waals surface area (Å²) in [6, 6.07) is 17.7. The highest BCUT2D eigenvalue weighted by molar-refractivity contribution is 5.96. The van der Waals surface area contributed by atoms with E-state index in [1.165, 1.54) is 0 Å². The lowest BCUT2D eigenvalue weighted by Crippen LogP contribution is -2.30. The average Bonchev–Trinajstić information content (AvgIpc) is 3.63. The Morgan fingerprint density at radius 3 is 2.58 bits per heavy atom. The SMILES string of the molecule is CCOc1ccc(Oc2cc(CNC(=O)c3cccc(NC(=O)NC4CC4)c3)ccn2)cc1. The molecule has 4 rings (SSSR count). The number of amides is 3. The van der Waals surface area contributed by atoms with Crippen molar-refractivity contribution in [3.8, 4) is 17.4 Å². The molecule has 1 saturated carbocycles. The predicted octanol–water partition coefficient (Wildman–Crippen LogP) is 4.49. The van der Waals surface area contributed by atoms with E-state index in [2.05, 4.69) is 20.9 Å². The number of ether oxygens (including phenoxy) is 2. The second kappa shape index (κ2) is 10.5. The summed E-state index contributed by atoms with van der Waals surface area (Å²) >= 11 is 0. The summed E-state index contributed by atoms with van der Waals surface area (Å²) in [5, 5.41) is 8.50. The Labute approximate surface area is 192 Å². The largest absolute Gasteiger partial charge is 0.494 e. The van der Waals surface area contributed by atoms with Gasteiger partial charge in [-0.2, -0.15) is 0 Å². The monoisotopic (exact) mass is 446 g/mol. The molecular weight excluding hydrogens is 420 g/mol. The second-order valence-corrected chi connectivity index (χ2v) is 7.65. The summed E-state index contributed by atoms with van der Waals surface area (Å²) in [6.07, 6.45) is 3.66. The molecule has 8 heteroatoms. The number of carbonyl (C=O) groups excluding carboxylic acids is 2. The average molecular weight is 447 g/mol. The summed E-state index contributed by atoms with van der Waals surface area (Å²) in [5.41, 5.74) is 1.87. The fourth-order valence-corrected chi connectivity index (χ4v) is 3.11. The maximum Gasteiger partial charge on any atom is 0.319 e. The van der Waals surface area contributed by atoms with Gasteiger partial charge in [-0.3, -0.25) is 4.79 Å². The molecular formula is C25H26N4O4. The first-order valence-electron chi connectivity index (χ1n) is 10.9. The zero-order valence-corrected chi connectivity index (χ0v) is 18.3. The van der Waals surface area contributed by atoms with Crippen LogP contribution in [0.25, 0.3) is 0 Å². The van der Waals surface area contributed by atoms with Gasteiger partial charge < -0.3 is 25.4 Å². The van der Waals surface area contributed by atoms with Crippen molar-refractivity contribution in [2.75, 3.05) is 11.9 Å². The van der Waals surface area contributed by atoms with Gasteiger partial charge in [0.2, 0.25) is 5.88 Å². The van der Waals surface area contributed by atoms with E-state index in [0.717, 1.165) is 24.2 Å². The molecule has 3 aromatic rings. The predicted molar refractivity (Wildman–Crippen MR) is 125 cm³/mol. The number of pyridine rings is 1. The first kappa shape index (κ1) is 22.1. The number of benzene rings is 2. The maximum atomic E-state index is 12.6. The van der Waals surface area contributed by atoms with Gasteiger partial charge in [-0.15, -0.1) is 0 Å². The highest BCUT2D eigenvalue weighted by atomic mass is 16.5. The van der Waals surface area contributed by atoms with Crippen LogP contribution in [0.5, 0.6) is 17.4 Å². The quantitative estimate of drug-likeness (QED) is 0.450. The van der Waals surface area contributed by atoms with Crippen molar-refractivity contribution in [2.45, 2.75) is 32.4 Å². The number of anilines is 1. The van der Waals surface area contributed by atoms with Gasteiger partial charge in [0.25, 0.3) is 5.91 Å². The second-order valence-electron chi connectivity index (χ2n) is 7.65. The molecule has 1 aromatic heterocycles. The lowest BCUT2D eigenvalue weighted by molar-refractivity contribution is 0.0951. The van der Waals surface area contributed by atoms with Crippen molar-refractivity contribution in [2.24, 2.45) is 0 Å². The van der Waals surface area contributed by atoms with E-state index in [0.29, 0.717) is 36.0 Å². The zero-order chi connectivity index (χ0) is 23.0. The van der Waals surface area contributed by atoms with Crippen molar-refractivity contribution in [3.05, 3.63) is 78.0 Å². The topological polar surface area (TPSA) is 102 Å². The number of hydrogen-bond donors (Lipinski definition) is 3. The Hall–Kier alpha value is -4.07. The molecule has 1 aliphatic carbocycles. The Morgan fingerprint density at radius 1 is 1.03 bits per heavy atom. The summed E-state index contributed by atoms with van der Waals surface area (Å²) in [5.74, 6) is 1.60. The van der Waals surface area contributed by atoms with E-state index in [1.807, 2.05) is 37.3 Å². The summed E-state index contributed by atoms with van der Waals surface area (Å²) in [6.45, 7) is 2.84. The van der Waals surface area contributed by atoms with E-state index < -0.39 is 0 Å². The van der Waals surface area contributed by atoms with Gasteiger partial charge in [-0.05, 0) is 73.9 Å². The lowest BCUT2D eigenvalue weighted by Gasteiger charge is -2.10. The smallest absolute Gasteiger partial charge is 0.319 e. The van der Waals surface area contributed by atoms with E-state index in [4.69, 9.17) is 9.47 Å². The number of nitrogens with one attached hydrogen (secondary N) is 3. The van der Waals surface area contributed by atoms with Gasteiger partial charge >= 0.3 is 6.03 Å². The van der Waals surface area contributed by atoms with E-state index in [9.17, 15) is 9.59 Å². The molecule has 1 aliphatic rings. The zero-order valence-electron chi connectivity index (χ0n) is 18.3. The van der Waals surface area contributed by atoms with E-state index in [1.54, 1.807) is 36.5 Å². The third-order valence-corrected chi connectivity index (χ3v) is 4.90. The Morgan fingerprint density at radius 2 is 1.82 bits per heavy atom. The summed E-state index contributed by atoms with van der Waals surface area (Å²) in [7, 11) is 0. The number of urea groups is 1. The molecule has 1 heterocycles. The number of rotatable bonds is 9. The lowest BCUT2D eigenvalue weighted by atomic mass is 10.2. The molecule has 3 amide bonds. The van der Waals surface area contributed by atoms with Crippen LogP contribution in [-0.4, -0.2) is 29.6 Å².